The third-order valence-electron chi connectivity index (χ3n) is 7.36. The lowest BCUT2D eigenvalue weighted by Crippen LogP contribution is -2.49. The van der Waals surface area contributed by atoms with E-state index in [1.54, 1.807) is 0 Å². The van der Waals surface area contributed by atoms with Crippen molar-refractivity contribution in [3.63, 3.8) is 0 Å². The van der Waals surface area contributed by atoms with E-state index in [0.29, 0.717) is 13.1 Å². The first-order chi connectivity index (χ1) is 15.1. The number of alkyl halides is 5. The van der Waals surface area contributed by atoms with Gasteiger partial charge in [-0.15, -0.1) is 0 Å². The van der Waals surface area contributed by atoms with E-state index in [0.717, 1.165) is 38.5 Å². The molecule has 3 fully saturated rings. The lowest BCUT2D eigenvalue weighted by Gasteiger charge is -2.46. The molecule has 0 aromatic carbocycles. The number of hydrogen-bond donors (Lipinski definition) is 1. The molecule has 3 heterocycles. The van der Waals surface area contributed by atoms with Crippen molar-refractivity contribution in [1.82, 2.24) is 15.3 Å². The highest BCUT2D eigenvalue weighted by atomic mass is 19.4. The second-order valence-electron chi connectivity index (χ2n) is 9.78. The van der Waals surface area contributed by atoms with E-state index in [2.05, 4.69) is 15.3 Å². The Labute approximate surface area is 185 Å². The maximum atomic E-state index is 14.3. The number of nitrogens with one attached hydrogen (secondary N) is 1. The van der Waals surface area contributed by atoms with E-state index < -0.39 is 23.8 Å². The molecular weight excluding hydrogens is 429 g/mol. The summed E-state index contributed by atoms with van der Waals surface area (Å²) in [4.78, 5) is 10.9. The van der Waals surface area contributed by atoms with Crippen LogP contribution in [-0.4, -0.2) is 55.7 Å². The molecule has 1 saturated carbocycles. The van der Waals surface area contributed by atoms with Gasteiger partial charge in [-0.1, -0.05) is 19.3 Å². The molecule has 1 aliphatic carbocycles. The van der Waals surface area contributed by atoms with Gasteiger partial charge < -0.3 is 15.1 Å². The molecule has 0 bridgehead atoms. The van der Waals surface area contributed by atoms with Gasteiger partial charge in [0, 0.05) is 52.3 Å². The predicted molar refractivity (Wildman–Crippen MR) is 113 cm³/mol. The molecule has 1 spiro atoms. The minimum absolute atomic E-state index is 0.0342. The van der Waals surface area contributed by atoms with Gasteiger partial charge in [0.15, 0.2) is 0 Å². The summed E-state index contributed by atoms with van der Waals surface area (Å²) in [6, 6.07) is 1.53. The van der Waals surface area contributed by atoms with Crippen LogP contribution in [0.15, 0.2) is 6.07 Å². The molecule has 4 rings (SSSR count). The van der Waals surface area contributed by atoms with E-state index in [1.165, 1.54) is 24.4 Å². The molecule has 0 radical (unpaired) electrons. The Balaban J connectivity index is 1.60. The Morgan fingerprint density at radius 1 is 1.09 bits per heavy atom. The number of hydrogen-bond acceptors (Lipinski definition) is 5. The second kappa shape index (κ2) is 8.91. The summed E-state index contributed by atoms with van der Waals surface area (Å²) in [5, 5.41) is 2.95. The van der Waals surface area contributed by atoms with Crippen molar-refractivity contribution >= 4 is 11.6 Å². The molecule has 1 aromatic rings. The lowest BCUT2D eigenvalue weighted by molar-refractivity contribution is -0.144. The molecule has 3 aliphatic rings. The summed E-state index contributed by atoms with van der Waals surface area (Å²) in [5.74, 6) is -4.79. The molecule has 1 aromatic heterocycles. The Morgan fingerprint density at radius 2 is 1.81 bits per heavy atom. The number of rotatable bonds is 4. The van der Waals surface area contributed by atoms with Crippen LogP contribution in [0.4, 0.5) is 33.6 Å². The van der Waals surface area contributed by atoms with Crippen LogP contribution in [-0.2, 0) is 6.18 Å². The molecular formula is C22H32F5N5. The van der Waals surface area contributed by atoms with Crippen LogP contribution in [0.3, 0.4) is 0 Å². The van der Waals surface area contributed by atoms with Crippen molar-refractivity contribution in [2.24, 2.45) is 11.3 Å². The van der Waals surface area contributed by atoms with Crippen LogP contribution in [0.25, 0.3) is 0 Å². The molecule has 1 unspecified atom stereocenters. The number of halogens is 5. The van der Waals surface area contributed by atoms with Gasteiger partial charge in [-0.3, -0.25) is 0 Å². The van der Waals surface area contributed by atoms with Gasteiger partial charge in [0.1, 0.15) is 11.6 Å². The first kappa shape index (κ1) is 23.4. The Morgan fingerprint density at radius 3 is 2.50 bits per heavy atom. The van der Waals surface area contributed by atoms with E-state index in [-0.39, 0.29) is 43.1 Å². The number of anilines is 2. The molecule has 5 nitrogen and oxygen atoms in total. The van der Waals surface area contributed by atoms with Crippen LogP contribution in [0.1, 0.15) is 57.2 Å². The Hall–Kier alpha value is -1.71. The van der Waals surface area contributed by atoms with Crippen LogP contribution < -0.4 is 15.1 Å². The summed E-state index contributed by atoms with van der Waals surface area (Å²) in [6.07, 6.45) is 2.74. The molecule has 2 aliphatic heterocycles. The highest BCUT2D eigenvalue weighted by Crippen LogP contribution is 2.44. The zero-order valence-electron chi connectivity index (χ0n) is 18.5. The standard InChI is InChI=1S/C22H32F5N5/c1-31(14-16-13-28-10-9-21(16,23)24)17-12-18(30-19(29-17)22(25,26)27)32-11-5-8-20(15-32)6-3-2-4-7-20/h12,16,28H,2-11,13-15H2,1H3. The average Bonchev–Trinajstić information content (AvgIpc) is 2.75. The van der Waals surface area contributed by atoms with Crippen LogP contribution in [0, 0.1) is 11.3 Å². The first-order valence-electron chi connectivity index (χ1n) is 11.6. The fraction of sp³-hybridized carbons (Fsp3) is 0.818. The summed E-state index contributed by atoms with van der Waals surface area (Å²) < 4.78 is 69.4. The quantitative estimate of drug-likeness (QED) is 0.657. The third-order valence-corrected chi connectivity index (χ3v) is 7.36. The zero-order chi connectivity index (χ0) is 23.0. The predicted octanol–water partition coefficient (Wildman–Crippen LogP) is 4.73. The van der Waals surface area contributed by atoms with Gasteiger partial charge in [-0.05, 0) is 31.1 Å². The SMILES string of the molecule is CN(CC1CNCCC1(F)F)c1cc(N2CCCC3(CCCCC3)C2)nc(C(F)(F)F)n1. The lowest BCUT2D eigenvalue weighted by atomic mass is 9.69. The van der Waals surface area contributed by atoms with Crippen LogP contribution in [0.5, 0.6) is 0 Å². The monoisotopic (exact) mass is 461 g/mol. The summed E-state index contributed by atoms with van der Waals surface area (Å²) in [6.45, 7) is 1.60. The second-order valence-corrected chi connectivity index (χ2v) is 9.78. The summed E-state index contributed by atoms with van der Waals surface area (Å²) in [7, 11) is 1.52. The van der Waals surface area contributed by atoms with Crippen molar-refractivity contribution in [3.8, 4) is 0 Å². The van der Waals surface area contributed by atoms with Gasteiger partial charge in [0.2, 0.25) is 5.82 Å². The van der Waals surface area contributed by atoms with Crippen molar-refractivity contribution < 1.29 is 22.0 Å². The fourth-order valence-corrected chi connectivity index (χ4v) is 5.53. The molecule has 1 N–H and O–H groups in total. The van der Waals surface area contributed by atoms with Crippen LogP contribution >= 0.6 is 0 Å². The smallest absolute Gasteiger partial charge is 0.359 e. The molecule has 1 atom stereocenters. The van der Waals surface area contributed by atoms with Gasteiger partial charge in [0.25, 0.3) is 5.92 Å². The molecule has 180 valence electrons. The average molecular weight is 462 g/mol. The number of piperidine rings is 2. The normalized spacial score (nSPS) is 25.7. The van der Waals surface area contributed by atoms with Crippen molar-refractivity contribution in [2.75, 3.05) is 49.6 Å². The van der Waals surface area contributed by atoms with Crippen molar-refractivity contribution in [1.29, 1.82) is 0 Å². The molecule has 2 saturated heterocycles. The van der Waals surface area contributed by atoms with E-state index in [1.807, 2.05) is 4.90 Å². The third kappa shape index (κ3) is 5.10. The minimum Gasteiger partial charge on any atom is -0.359 e. The summed E-state index contributed by atoms with van der Waals surface area (Å²) in [5.41, 5.74) is 0.141. The maximum absolute atomic E-state index is 14.3. The van der Waals surface area contributed by atoms with Crippen LogP contribution in [0.2, 0.25) is 0 Å². The van der Waals surface area contributed by atoms with Gasteiger partial charge in [0.05, 0.1) is 5.92 Å². The zero-order valence-corrected chi connectivity index (χ0v) is 18.5. The van der Waals surface area contributed by atoms with Crippen molar-refractivity contribution in [2.45, 2.75) is 63.5 Å². The molecule has 32 heavy (non-hydrogen) atoms. The fourth-order valence-electron chi connectivity index (χ4n) is 5.53. The molecule has 0 amide bonds. The van der Waals surface area contributed by atoms with E-state index in [4.69, 9.17) is 0 Å². The topological polar surface area (TPSA) is 44.3 Å². The molecule has 10 heteroatoms. The van der Waals surface area contributed by atoms with Gasteiger partial charge in [-0.2, -0.15) is 13.2 Å². The van der Waals surface area contributed by atoms with Gasteiger partial charge >= 0.3 is 6.18 Å². The van der Waals surface area contributed by atoms with Crippen molar-refractivity contribution in [3.05, 3.63) is 11.9 Å². The highest BCUT2D eigenvalue weighted by Gasteiger charge is 2.43. The Kier molecular flexibility index (Phi) is 6.53. The number of nitrogens with zero attached hydrogens (tertiary/aromatic N) is 4. The summed E-state index contributed by atoms with van der Waals surface area (Å²) >= 11 is 0. The maximum Gasteiger partial charge on any atom is 0.451 e. The first-order valence-corrected chi connectivity index (χ1v) is 11.6. The highest BCUT2D eigenvalue weighted by molar-refractivity contribution is 5.51. The number of aromatic nitrogens is 2. The largest absolute Gasteiger partial charge is 0.451 e. The minimum atomic E-state index is -4.71. The Bertz CT molecular complexity index is 788. The van der Waals surface area contributed by atoms with Gasteiger partial charge in [-0.25, -0.2) is 18.7 Å². The van der Waals surface area contributed by atoms with E-state index >= 15 is 0 Å². The van der Waals surface area contributed by atoms with E-state index in [9.17, 15) is 22.0 Å².